The van der Waals surface area contributed by atoms with E-state index in [0.29, 0.717) is 35.8 Å². The molecule has 0 aliphatic carbocycles. The lowest BCUT2D eigenvalue weighted by molar-refractivity contribution is -0.138. The molecule has 2 aliphatic rings. The van der Waals surface area contributed by atoms with Gasteiger partial charge in [0, 0.05) is 25.4 Å². The van der Waals surface area contributed by atoms with Crippen LogP contribution in [0.1, 0.15) is 65.9 Å². The smallest absolute Gasteiger partial charge is 0.264 e. The highest BCUT2D eigenvalue weighted by atomic mass is 32.1. The summed E-state index contributed by atoms with van der Waals surface area (Å²) in [6.07, 6.45) is 3.34. The van der Waals surface area contributed by atoms with Crippen molar-refractivity contribution in [3.63, 3.8) is 0 Å². The van der Waals surface area contributed by atoms with Crippen LogP contribution in [0.5, 0.6) is 0 Å². The number of aromatic nitrogens is 2. The van der Waals surface area contributed by atoms with Crippen molar-refractivity contribution in [1.29, 1.82) is 0 Å². The van der Waals surface area contributed by atoms with E-state index in [-0.39, 0.29) is 35.9 Å². The number of hydrogen-bond donors (Lipinski definition) is 1. The molecular weight excluding hydrogens is 388 g/mol. The van der Waals surface area contributed by atoms with Gasteiger partial charge in [-0.15, -0.1) is 11.3 Å². The van der Waals surface area contributed by atoms with Crippen molar-refractivity contribution in [2.75, 3.05) is 13.1 Å². The van der Waals surface area contributed by atoms with Crippen LogP contribution >= 0.6 is 11.3 Å². The molecule has 2 amide bonds. The van der Waals surface area contributed by atoms with Crippen molar-refractivity contribution in [3.05, 3.63) is 49.8 Å². The van der Waals surface area contributed by atoms with E-state index in [1.165, 1.54) is 11.3 Å². The fraction of sp³-hybridized carbons (Fsp3) is 0.524. The molecule has 8 heteroatoms. The van der Waals surface area contributed by atoms with Gasteiger partial charge in [-0.3, -0.25) is 14.4 Å². The Balaban J connectivity index is 1.60. The lowest BCUT2D eigenvalue weighted by Gasteiger charge is -2.36. The summed E-state index contributed by atoms with van der Waals surface area (Å²) in [5.41, 5.74) is 1.11. The molecule has 2 aliphatic heterocycles. The van der Waals surface area contributed by atoms with Crippen LogP contribution in [-0.2, 0) is 17.8 Å². The highest BCUT2D eigenvalue weighted by molar-refractivity contribution is 7.12. The van der Waals surface area contributed by atoms with Crippen LogP contribution in [0.15, 0.2) is 22.3 Å². The number of hydrogen-bond acceptors (Lipinski definition) is 5. The molecule has 2 aromatic heterocycles. The predicted octanol–water partition coefficient (Wildman–Crippen LogP) is 2.74. The number of thiophene rings is 1. The average Bonchev–Trinajstić information content (AvgIpc) is 3.27. The van der Waals surface area contributed by atoms with Crippen molar-refractivity contribution in [3.8, 4) is 0 Å². The number of rotatable bonds is 3. The first-order valence-electron chi connectivity index (χ1n) is 10.2. The third-order valence-electron chi connectivity index (χ3n) is 5.70. The molecule has 1 saturated heterocycles. The largest absolute Gasteiger partial charge is 0.333 e. The van der Waals surface area contributed by atoms with Gasteiger partial charge in [-0.05, 0) is 30.7 Å². The molecule has 0 bridgehead atoms. The lowest BCUT2D eigenvalue weighted by atomic mass is 9.98. The van der Waals surface area contributed by atoms with Crippen molar-refractivity contribution in [2.24, 2.45) is 5.92 Å². The van der Waals surface area contributed by atoms with Gasteiger partial charge in [-0.25, -0.2) is 4.98 Å². The molecule has 0 spiro atoms. The summed E-state index contributed by atoms with van der Waals surface area (Å²) in [4.78, 5) is 50.1. The van der Waals surface area contributed by atoms with Gasteiger partial charge in [-0.1, -0.05) is 19.9 Å². The Labute approximate surface area is 173 Å². The Morgan fingerprint density at radius 3 is 2.83 bits per heavy atom. The summed E-state index contributed by atoms with van der Waals surface area (Å²) in [5.74, 6) is 0.551. The van der Waals surface area contributed by atoms with Gasteiger partial charge in [0.05, 0.1) is 28.7 Å². The van der Waals surface area contributed by atoms with Crippen molar-refractivity contribution < 1.29 is 9.59 Å². The first kappa shape index (κ1) is 19.8. The molecule has 1 atom stereocenters. The maximum atomic E-state index is 12.9. The number of likely N-dealkylation sites (tertiary alicyclic amines) is 1. The number of nitrogens with zero attached hydrogens (tertiary/aromatic N) is 3. The van der Waals surface area contributed by atoms with E-state index < -0.39 is 0 Å². The maximum Gasteiger partial charge on any atom is 0.264 e. The van der Waals surface area contributed by atoms with E-state index in [1.807, 2.05) is 30.2 Å². The zero-order valence-corrected chi connectivity index (χ0v) is 17.6. The highest BCUT2D eigenvalue weighted by Gasteiger charge is 2.33. The molecule has 0 aromatic carbocycles. The summed E-state index contributed by atoms with van der Waals surface area (Å²) in [7, 11) is 0. The van der Waals surface area contributed by atoms with Gasteiger partial charge in [0.15, 0.2) is 0 Å². The number of amides is 2. The molecule has 1 unspecified atom stereocenters. The summed E-state index contributed by atoms with van der Waals surface area (Å²) in [5, 5.41) is 1.88. The van der Waals surface area contributed by atoms with Crippen LogP contribution in [-0.4, -0.2) is 44.7 Å². The molecular formula is C21H26N4O3S. The number of piperidine rings is 1. The van der Waals surface area contributed by atoms with Crippen LogP contribution in [0, 0.1) is 5.92 Å². The molecule has 4 rings (SSSR count). The summed E-state index contributed by atoms with van der Waals surface area (Å²) < 4.78 is 0. The van der Waals surface area contributed by atoms with Crippen LogP contribution in [0.25, 0.3) is 0 Å². The molecule has 29 heavy (non-hydrogen) atoms. The third-order valence-corrected chi connectivity index (χ3v) is 6.56. The number of carbonyl (C=O) groups excluding carboxylic acids is 2. The first-order valence-corrected chi connectivity index (χ1v) is 11.1. The zero-order valence-electron chi connectivity index (χ0n) is 16.8. The summed E-state index contributed by atoms with van der Waals surface area (Å²) in [6.45, 7) is 5.31. The van der Waals surface area contributed by atoms with Gasteiger partial charge < -0.3 is 14.8 Å². The molecule has 154 valence electrons. The molecule has 2 aromatic rings. The van der Waals surface area contributed by atoms with E-state index in [0.717, 1.165) is 25.0 Å². The summed E-state index contributed by atoms with van der Waals surface area (Å²) >= 11 is 1.41. The molecule has 7 nitrogen and oxygen atoms in total. The molecule has 1 N–H and O–H groups in total. The molecule has 0 saturated carbocycles. The second-order valence-corrected chi connectivity index (χ2v) is 8.98. The second-order valence-electron chi connectivity index (χ2n) is 8.03. The number of nitrogens with one attached hydrogen (secondary N) is 1. The quantitative estimate of drug-likeness (QED) is 0.837. The predicted molar refractivity (Wildman–Crippen MR) is 111 cm³/mol. The molecule has 0 radical (unpaired) electrons. The van der Waals surface area contributed by atoms with Crippen molar-refractivity contribution in [1.82, 2.24) is 19.8 Å². The minimum Gasteiger partial charge on any atom is -0.333 e. The van der Waals surface area contributed by atoms with Crippen molar-refractivity contribution >= 4 is 23.2 Å². The van der Waals surface area contributed by atoms with Crippen LogP contribution in [0.2, 0.25) is 0 Å². The summed E-state index contributed by atoms with van der Waals surface area (Å²) in [6, 6.07) is 3.48. The fourth-order valence-corrected chi connectivity index (χ4v) is 4.83. The van der Waals surface area contributed by atoms with E-state index in [9.17, 15) is 14.4 Å². The van der Waals surface area contributed by atoms with Gasteiger partial charge in [0.2, 0.25) is 5.91 Å². The zero-order chi connectivity index (χ0) is 20.5. The normalized spacial score (nSPS) is 19.3. The van der Waals surface area contributed by atoms with Gasteiger partial charge in [0.1, 0.15) is 5.82 Å². The Kier molecular flexibility index (Phi) is 5.54. The number of fused-ring (bicyclic) bond motifs is 1. The van der Waals surface area contributed by atoms with Crippen LogP contribution < -0.4 is 5.56 Å². The van der Waals surface area contributed by atoms with E-state index in [1.54, 1.807) is 11.0 Å². The van der Waals surface area contributed by atoms with Crippen LogP contribution in [0.3, 0.4) is 0 Å². The monoisotopic (exact) mass is 414 g/mol. The standard InChI is InChI=1S/C21H26N4O3S/c1-13(2)20(27)25-9-4-3-6-16(25)18-22-15-8-10-24(12-14(15)19(26)23-18)21(28)17-7-5-11-29-17/h5,7,11,13,16H,3-4,6,8-10,12H2,1-2H3,(H,22,23,26). The van der Waals surface area contributed by atoms with E-state index in [4.69, 9.17) is 4.98 Å². The Morgan fingerprint density at radius 2 is 2.10 bits per heavy atom. The van der Waals surface area contributed by atoms with Gasteiger partial charge >= 0.3 is 0 Å². The molecule has 1 fully saturated rings. The fourth-order valence-electron chi connectivity index (χ4n) is 4.14. The Hall–Kier alpha value is -2.48. The van der Waals surface area contributed by atoms with Crippen molar-refractivity contribution in [2.45, 2.75) is 52.1 Å². The topological polar surface area (TPSA) is 86.4 Å². The van der Waals surface area contributed by atoms with E-state index in [2.05, 4.69) is 4.98 Å². The van der Waals surface area contributed by atoms with Gasteiger partial charge in [-0.2, -0.15) is 0 Å². The van der Waals surface area contributed by atoms with E-state index >= 15 is 0 Å². The Bertz CT molecular complexity index is 967. The minimum absolute atomic E-state index is 0.0462. The number of H-pyrrole nitrogens is 1. The number of aromatic amines is 1. The molecule has 4 heterocycles. The third kappa shape index (κ3) is 3.85. The lowest BCUT2D eigenvalue weighted by Crippen LogP contribution is -2.43. The second kappa shape index (κ2) is 8.10. The number of carbonyl (C=O) groups is 2. The SMILES string of the molecule is CC(C)C(=O)N1CCCCC1c1nc2c(c(=O)[nH]1)CN(C(=O)c1cccs1)CC2. The minimum atomic E-state index is -0.198. The maximum absolute atomic E-state index is 12.9. The highest BCUT2D eigenvalue weighted by Crippen LogP contribution is 2.30. The van der Waals surface area contributed by atoms with Crippen LogP contribution in [0.4, 0.5) is 0 Å². The van der Waals surface area contributed by atoms with Gasteiger partial charge in [0.25, 0.3) is 11.5 Å². The average molecular weight is 415 g/mol. The Morgan fingerprint density at radius 1 is 1.28 bits per heavy atom. The first-order chi connectivity index (χ1) is 14.0.